The second-order valence-electron chi connectivity index (χ2n) is 4.48. The second-order valence-corrected chi connectivity index (χ2v) is 5.34. The number of fused-ring (bicyclic) bond motifs is 1. The van der Waals surface area contributed by atoms with Crippen LogP contribution in [0.4, 0.5) is 0 Å². The molecule has 2 aromatic carbocycles. The maximum absolute atomic E-state index is 9.24. The van der Waals surface area contributed by atoms with Crippen molar-refractivity contribution >= 4 is 26.8 Å². The van der Waals surface area contributed by atoms with E-state index in [9.17, 15) is 5.11 Å². The van der Waals surface area contributed by atoms with Gasteiger partial charge in [0.1, 0.15) is 5.75 Å². The fraction of sp³-hybridized carbons (Fsp3) is 0.133. The van der Waals surface area contributed by atoms with E-state index in [0.717, 1.165) is 28.3 Å². The fourth-order valence-corrected chi connectivity index (χ4v) is 2.54. The molecule has 3 rings (SSSR count). The molecule has 96 valence electrons. The molecule has 0 unspecified atom stereocenters. The largest absolute Gasteiger partial charge is 0.508 e. The van der Waals surface area contributed by atoms with Crippen LogP contribution in [0.1, 0.15) is 5.56 Å². The summed E-state index contributed by atoms with van der Waals surface area (Å²) in [6.45, 7) is 0.825. The first-order chi connectivity index (χ1) is 9.22. The number of rotatable bonds is 3. The van der Waals surface area contributed by atoms with E-state index in [0.29, 0.717) is 5.75 Å². The van der Waals surface area contributed by atoms with Crippen LogP contribution in [0.3, 0.4) is 0 Å². The van der Waals surface area contributed by atoms with E-state index < -0.39 is 0 Å². The summed E-state index contributed by atoms with van der Waals surface area (Å²) in [6, 6.07) is 13.3. The second kappa shape index (κ2) is 5.05. The van der Waals surface area contributed by atoms with Gasteiger partial charge in [-0.25, -0.2) is 0 Å². The van der Waals surface area contributed by atoms with Crippen LogP contribution >= 0.6 is 15.9 Å². The van der Waals surface area contributed by atoms with E-state index in [2.05, 4.69) is 27.2 Å². The van der Waals surface area contributed by atoms with Crippen molar-refractivity contribution in [2.75, 3.05) is 0 Å². The van der Waals surface area contributed by atoms with Crippen LogP contribution in [-0.2, 0) is 13.0 Å². The lowest BCUT2D eigenvalue weighted by Gasteiger charge is -2.02. The van der Waals surface area contributed by atoms with E-state index in [1.54, 1.807) is 12.1 Å². The molecule has 19 heavy (non-hydrogen) atoms. The number of hydrogen-bond acceptors (Lipinski definition) is 2. The molecule has 0 fully saturated rings. The third-order valence-electron chi connectivity index (χ3n) is 3.11. The number of benzene rings is 2. The first-order valence-electron chi connectivity index (χ1n) is 6.12. The van der Waals surface area contributed by atoms with E-state index in [-0.39, 0.29) is 0 Å². The molecule has 3 nitrogen and oxygen atoms in total. The molecule has 0 spiro atoms. The maximum Gasteiger partial charge on any atom is 0.115 e. The van der Waals surface area contributed by atoms with Crippen molar-refractivity contribution in [1.29, 1.82) is 0 Å². The zero-order valence-electron chi connectivity index (χ0n) is 10.3. The molecule has 0 aliphatic carbocycles. The zero-order chi connectivity index (χ0) is 13.2. The van der Waals surface area contributed by atoms with Gasteiger partial charge in [0.25, 0.3) is 0 Å². The predicted octanol–water partition coefficient (Wildman–Crippen LogP) is 3.75. The normalized spacial score (nSPS) is 11.0. The third kappa shape index (κ3) is 2.63. The van der Waals surface area contributed by atoms with Crippen molar-refractivity contribution < 1.29 is 5.11 Å². The lowest BCUT2D eigenvalue weighted by atomic mass is 10.1. The number of hydrogen-bond donors (Lipinski definition) is 1. The molecule has 0 bridgehead atoms. The minimum atomic E-state index is 0.303. The van der Waals surface area contributed by atoms with E-state index in [1.807, 2.05) is 35.0 Å². The number of aromatic nitrogens is 2. The van der Waals surface area contributed by atoms with Gasteiger partial charge in [-0.2, -0.15) is 5.10 Å². The number of aromatic hydroxyl groups is 1. The molecule has 4 heteroatoms. The highest BCUT2D eigenvalue weighted by Crippen LogP contribution is 2.22. The van der Waals surface area contributed by atoms with Gasteiger partial charge in [-0.1, -0.05) is 34.1 Å². The van der Waals surface area contributed by atoms with Gasteiger partial charge in [-0.15, -0.1) is 0 Å². The quantitative estimate of drug-likeness (QED) is 0.799. The van der Waals surface area contributed by atoms with Crippen LogP contribution < -0.4 is 0 Å². The molecule has 1 N–H and O–H groups in total. The van der Waals surface area contributed by atoms with Gasteiger partial charge >= 0.3 is 0 Å². The van der Waals surface area contributed by atoms with Crippen molar-refractivity contribution in [3.8, 4) is 5.75 Å². The van der Waals surface area contributed by atoms with Crippen molar-refractivity contribution in [2.45, 2.75) is 13.0 Å². The van der Waals surface area contributed by atoms with Gasteiger partial charge in [-0.3, -0.25) is 4.68 Å². The van der Waals surface area contributed by atoms with Gasteiger partial charge in [0, 0.05) is 22.6 Å². The molecule has 0 saturated carbocycles. The molecule has 1 aromatic heterocycles. The third-order valence-corrected chi connectivity index (χ3v) is 3.80. The molecule has 1 heterocycles. The van der Waals surface area contributed by atoms with Crippen LogP contribution in [0.15, 0.2) is 53.1 Å². The van der Waals surface area contributed by atoms with Crippen LogP contribution in [0, 0.1) is 0 Å². The average molecular weight is 317 g/mol. The molecule has 0 radical (unpaired) electrons. The van der Waals surface area contributed by atoms with Crippen LogP contribution in [-0.4, -0.2) is 14.9 Å². The Kier molecular flexibility index (Phi) is 3.25. The summed E-state index contributed by atoms with van der Waals surface area (Å²) < 4.78 is 3.03. The van der Waals surface area contributed by atoms with E-state index >= 15 is 0 Å². The SMILES string of the molecule is Oc1ccc(CCn2cc3c(Br)cccc3n2)cc1. The molecule has 0 atom stereocenters. The Morgan fingerprint density at radius 2 is 1.89 bits per heavy atom. The standard InChI is InChI=1S/C15H13BrN2O/c16-14-2-1-3-15-13(14)10-18(17-15)9-8-11-4-6-12(19)7-5-11/h1-7,10,19H,8-9H2. The molecule has 0 aliphatic heterocycles. The highest BCUT2D eigenvalue weighted by atomic mass is 79.9. The zero-order valence-corrected chi connectivity index (χ0v) is 11.8. The van der Waals surface area contributed by atoms with Gasteiger partial charge in [0.05, 0.1) is 5.52 Å². The summed E-state index contributed by atoms with van der Waals surface area (Å²) in [5, 5.41) is 14.9. The Morgan fingerprint density at radius 3 is 2.63 bits per heavy atom. The number of aryl methyl sites for hydroxylation is 2. The first-order valence-corrected chi connectivity index (χ1v) is 6.91. The Bertz CT molecular complexity index is 704. The van der Waals surface area contributed by atoms with E-state index in [4.69, 9.17) is 0 Å². The van der Waals surface area contributed by atoms with Gasteiger partial charge < -0.3 is 5.11 Å². The van der Waals surface area contributed by atoms with Crippen molar-refractivity contribution in [3.63, 3.8) is 0 Å². The summed E-state index contributed by atoms with van der Waals surface area (Å²) in [5.41, 5.74) is 2.19. The maximum atomic E-state index is 9.24. The average Bonchev–Trinajstić information content (AvgIpc) is 2.83. The van der Waals surface area contributed by atoms with Gasteiger partial charge in [0.2, 0.25) is 0 Å². The van der Waals surface area contributed by atoms with Gasteiger partial charge in [-0.05, 0) is 36.2 Å². The van der Waals surface area contributed by atoms with Crippen molar-refractivity contribution in [1.82, 2.24) is 9.78 Å². The topological polar surface area (TPSA) is 38.0 Å². The number of halogens is 1. The van der Waals surface area contributed by atoms with Crippen LogP contribution in [0.25, 0.3) is 10.9 Å². The van der Waals surface area contributed by atoms with E-state index in [1.165, 1.54) is 5.56 Å². The van der Waals surface area contributed by atoms with Crippen molar-refractivity contribution in [2.24, 2.45) is 0 Å². The summed E-state index contributed by atoms with van der Waals surface area (Å²) in [4.78, 5) is 0. The molecule has 3 aromatic rings. The Balaban J connectivity index is 1.78. The molecular weight excluding hydrogens is 304 g/mol. The first kappa shape index (κ1) is 12.2. The summed E-state index contributed by atoms with van der Waals surface area (Å²) >= 11 is 3.53. The smallest absolute Gasteiger partial charge is 0.115 e. The number of phenolic OH excluding ortho intramolecular Hbond substituents is 1. The van der Waals surface area contributed by atoms with Crippen LogP contribution in [0.2, 0.25) is 0 Å². The fourth-order valence-electron chi connectivity index (χ4n) is 2.08. The lowest BCUT2D eigenvalue weighted by Crippen LogP contribution is -2.01. The molecular formula is C15H13BrN2O. The van der Waals surface area contributed by atoms with Crippen LogP contribution in [0.5, 0.6) is 5.75 Å². The summed E-state index contributed by atoms with van der Waals surface area (Å²) in [6.07, 6.45) is 2.95. The highest BCUT2D eigenvalue weighted by molar-refractivity contribution is 9.10. The predicted molar refractivity (Wildman–Crippen MR) is 79.2 cm³/mol. The minimum absolute atomic E-state index is 0.303. The summed E-state index contributed by atoms with van der Waals surface area (Å²) in [5.74, 6) is 0.303. The Hall–Kier alpha value is -1.81. The molecule has 0 aliphatic rings. The number of nitrogens with zero attached hydrogens (tertiary/aromatic N) is 2. The lowest BCUT2D eigenvalue weighted by molar-refractivity contribution is 0.475. The minimum Gasteiger partial charge on any atom is -0.508 e. The summed E-state index contributed by atoms with van der Waals surface area (Å²) in [7, 11) is 0. The monoisotopic (exact) mass is 316 g/mol. The van der Waals surface area contributed by atoms with Crippen molar-refractivity contribution in [3.05, 3.63) is 58.7 Å². The van der Waals surface area contributed by atoms with Gasteiger partial charge in [0.15, 0.2) is 0 Å². The Labute approximate surface area is 119 Å². The molecule has 0 saturated heterocycles. The Morgan fingerprint density at radius 1 is 1.11 bits per heavy atom. The number of phenols is 1. The molecule has 0 amide bonds. The highest BCUT2D eigenvalue weighted by Gasteiger charge is 2.03.